The lowest BCUT2D eigenvalue weighted by molar-refractivity contribution is 0.642. The van der Waals surface area contributed by atoms with Gasteiger partial charge in [-0.1, -0.05) is 0 Å². The van der Waals surface area contributed by atoms with Crippen LogP contribution in [0.15, 0.2) is 36.9 Å². The molecule has 3 N–H and O–H groups in total. The van der Waals surface area contributed by atoms with Gasteiger partial charge in [0.15, 0.2) is 0 Å². The summed E-state index contributed by atoms with van der Waals surface area (Å²) in [6.45, 7) is 0.984. The summed E-state index contributed by atoms with van der Waals surface area (Å²) in [4.78, 5) is 4.03. The Balaban J connectivity index is 1.96. The second kappa shape index (κ2) is 5.39. The maximum atomic E-state index is 5.81. The van der Waals surface area contributed by atoms with Crippen LogP contribution in [0.1, 0.15) is 12.0 Å². The topological polar surface area (TPSA) is 55.9 Å². The third-order valence-corrected chi connectivity index (χ3v) is 2.82. The molecular formula is C13H18N4. The molecule has 2 rings (SSSR count). The number of nitrogens with zero attached hydrogens (tertiary/aromatic N) is 2. The molecule has 4 nitrogen and oxygen atoms in total. The fourth-order valence-corrected chi connectivity index (χ4v) is 1.94. The number of nitrogen functional groups attached to an aromatic ring is 1. The number of hydrogen-bond acceptors (Lipinski definition) is 3. The first kappa shape index (κ1) is 11.5. The molecule has 0 saturated heterocycles. The third-order valence-electron chi connectivity index (χ3n) is 2.82. The molecule has 0 spiro atoms. The first-order chi connectivity index (χ1) is 8.29. The summed E-state index contributed by atoms with van der Waals surface area (Å²) < 4.78 is 2.09. The van der Waals surface area contributed by atoms with E-state index in [2.05, 4.69) is 14.9 Å². The third kappa shape index (κ3) is 3.00. The molecule has 0 fully saturated rings. The standard InChI is InChI=1S/C13H18N4/c1-15-13-5-4-12(14)9-11(13)3-2-7-17-8-6-16-10-17/h4-6,8-10,15H,2-3,7,14H2,1H3. The summed E-state index contributed by atoms with van der Waals surface area (Å²) in [6.07, 6.45) is 7.73. The number of benzene rings is 1. The minimum atomic E-state index is 0.821. The van der Waals surface area contributed by atoms with E-state index < -0.39 is 0 Å². The van der Waals surface area contributed by atoms with Crippen molar-refractivity contribution in [2.45, 2.75) is 19.4 Å². The summed E-state index contributed by atoms with van der Waals surface area (Å²) in [5.41, 5.74) is 9.05. The molecule has 0 aliphatic carbocycles. The molecule has 0 amide bonds. The summed E-state index contributed by atoms with van der Waals surface area (Å²) in [6, 6.07) is 5.99. The lowest BCUT2D eigenvalue weighted by Gasteiger charge is -2.10. The monoisotopic (exact) mass is 230 g/mol. The second-order valence-electron chi connectivity index (χ2n) is 4.07. The molecule has 90 valence electrons. The van der Waals surface area contributed by atoms with Crippen molar-refractivity contribution >= 4 is 11.4 Å². The molecule has 17 heavy (non-hydrogen) atoms. The van der Waals surface area contributed by atoms with Crippen LogP contribution in [0.3, 0.4) is 0 Å². The van der Waals surface area contributed by atoms with Gasteiger partial charge in [-0.05, 0) is 36.6 Å². The lowest BCUT2D eigenvalue weighted by Crippen LogP contribution is -2.01. The van der Waals surface area contributed by atoms with Crippen LogP contribution in [0.25, 0.3) is 0 Å². The van der Waals surface area contributed by atoms with Gasteiger partial charge in [0.1, 0.15) is 0 Å². The number of anilines is 2. The van der Waals surface area contributed by atoms with Gasteiger partial charge < -0.3 is 15.6 Å². The van der Waals surface area contributed by atoms with E-state index in [0.29, 0.717) is 0 Å². The number of aryl methyl sites for hydroxylation is 2. The van der Waals surface area contributed by atoms with Gasteiger partial charge in [-0.2, -0.15) is 0 Å². The molecule has 0 aliphatic rings. The average Bonchev–Trinajstić information content (AvgIpc) is 2.82. The maximum absolute atomic E-state index is 5.81. The molecule has 0 saturated carbocycles. The Morgan fingerprint density at radius 2 is 2.29 bits per heavy atom. The first-order valence-electron chi connectivity index (χ1n) is 5.81. The molecule has 1 heterocycles. The Kier molecular flexibility index (Phi) is 3.65. The van der Waals surface area contributed by atoms with Crippen molar-refractivity contribution in [3.8, 4) is 0 Å². The van der Waals surface area contributed by atoms with E-state index in [9.17, 15) is 0 Å². The van der Waals surface area contributed by atoms with Crippen molar-refractivity contribution in [3.63, 3.8) is 0 Å². The van der Waals surface area contributed by atoms with Crippen molar-refractivity contribution in [1.82, 2.24) is 9.55 Å². The predicted molar refractivity (Wildman–Crippen MR) is 70.9 cm³/mol. The molecule has 0 bridgehead atoms. The smallest absolute Gasteiger partial charge is 0.0945 e. The van der Waals surface area contributed by atoms with E-state index >= 15 is 0 Å². The Hall–Kier alpha value is -1.97. The molecule has 2 aromatic rings. The number of rotatable bonds is 5. The fourth-order valence-electron chi connectivity index (χ4n) is 1.94. The van der Waals surface area contributed by atoms with Gasteiger partial charge in [-0.25, -0.2) is 4.98 Å². The number of nitrogens with one attached hydrogen (secondary N) is 1. The Morgan fingerprint density at radius 1 is 1.41 bits per heavy atom. The zero-order valence-electron chi connectivity index (χ0n) is 10.1. The van der Waals surface area contributed by atoms with Gasteiger partial charge >= 0.3 is 0 Å². The maximum Gasteiger partial charge on any atom is 0.0945 e. The highest BCUT2D eigenvalue weighted by Gasteiger charge is 2.01. The normalized spacial score (nSPS) is 10.4. The minimum absolute atomic E-state index is 0.821. The van der Waals surface area contributed by atoms with Crippen LogP contribution in [0, 0.1) is 0 Å². The van der Waals surface area contributed by atoms with Gasteiger partial charge in [-0.15, -0.1) is 0 Å². The Labute approximate surface area is 101 Å². The summed E-state index contributed by atoms with van der Waals surface area (Å²) in [7, 11) is 1.94. The Bertz CT molecular complexity index is 462. The van der Waals surface area contributed by atoms with Crippen molar-refractivity contribution in [3.05, 3.63) is 42.5 Å². The molecule has 0 atom stereocenters. The molecule has 4 heteroatoms. The van der Waals surface area contributed by atoms with Gasteiger partial charge in [0.05, 0.1) is 6.33 Å². The summed E-state index contributed by atoms with van der Waals surface area (Å²) >= 11 is 0. The largest absolute Gasteiger partial charge is 0.399 e. The van der Waals surface area contributed by atoms with Crippen LogP contribution in [0.4, 0.5) is 11.4 Å². The number of nitrogens with two attached hydrogens (primary N) is 1. The highest BCUT2D eigenvalue weighted by Crippen LogP contribution is 2.20. The number of imidazole rings is 1. The van der Waals surface area contributed by atoms with Gasteiger partial charge in [0.25, 0.3) is 0 Å². The average molecular weight is 230 g/mol. The van der Waals surface area contributed by atoms with Crippen molar-refractivity contribution in [2.75, 3.05) is 18.1 Å². The van der Waals surface area contributed by atoms with E-state index in [1.165, 1.54) is 5.56 Å². The zero-order valence-corrected chi connectivity index (χ0v) is 10.1. The van der Waals surface area contributed by atoms with E-state index in [0.717, 1.165) is 30.8 Å². The van der Waals surface area contributed by atoms with Crippen LogP contribution in [-0.4, -0.2) is 16.6 Å². The van der Waals surface area contributed by atoms with E-state index in [4.69, 9.17) is 5.73 Å². The van der Waals surface area contributed by atoms with Crippen LogP contribution < -0.4 is 11.1 Å². The number of aromatic nitrogens is 2. The molecule has 0 aliphatic heterocycles. The van der Waals surface area contributed by atoms with Crippen LogP contribution >= 0.6 is 0 Å². The second-order valence-corrected chi connectivity index (χ2v) is 4.07. The molecule has 0 unspecified atom stereocenters. The van der Waals surface area contributed by atoms with Gasteiger partial charge in [-0.3, -0.25) is 0 Å². The Morgan fingerprint density at radius 3 is 3.00 bits per heavy atom. The highest BCUT2D eigenvalue weighted by atomic mass is 15.0. The minimum Gasteiger partial charge on any atom is -0.399 e. The van der Waals surface area contributed by atoms with Crippen molar-refractivity contribution in [1.29, 1.82) is 0 Å². The zero-order chi connectivity index (χ0) is 12.1. The van der Waals surface area contributed by atoms with Gasteiger partial charge in [0, 0.05) is 37.4 Å². The van der Waals surface area contributed by atoms with Crippen LogP contribution in [0.2, 0.25) is 0 Å². The van der Waals surface area contributed by atoms with E-state index in [1.807, 2.05) is 37.8 Å². The molecule has 0 radical (unpaired) electrons. The van der Waals surface area contributed by atoms with Crippen LogP contribution in [-0.2, 0) is 13.0 Å². The van der Waals surface area contributed by atoms with Gasteiger partial charge in [0.2, 0.25) is 0 Å². The summed E-state index contributed by atoms with van der Waals surface area (Å²) in [5.74, 6) is 0. The molecule has 1 aromatic carbocycles. The fraction of sp³-hybridized carbons (Fsp3) is 0.308. The van der Waals surface area contributed by atoms with Crippen LogP contribution in [0.5, 0.6) is 0 Å². The van der Waals surface area contributed by atoms with E-state index in [-0.39, 0.29) is 0 Å². The summed E-state index contributed by atoms with van der Waals surface area (Å²) in [5, 5.41) is 3.19. The number of hydrogen-bond donors (Lipinski definition) is 2. The predicted octanol–water partition coefficient (Wildman–Crippen LogP) is 2.14. The van der Waals surface area contributed by atoms with Crippen molar-refractivity contribution in [2.24, 2.45) is 0 Å². The molecular weight excluding hydrogens is 212 g/mol. The first-order valence-corrected chi connectivity index (χ1v) is 5.81. The highest BCUT2D eigenvalue weighted by molar-refractivity contribution is 5.57. The quantitative estimate of drug-likeness (QED) is 0.774. The molecule has 1 aromatic heterocycles. The van der Waals surface area contributed by atoms with Crippen molar-refractivity contribution < 1.29 is 0 Å². The van der Waals surface area contributed by atoms with E-state index in [1.54, 1.807) is 6.20 Å². The lowest BCUT2D eigenvalue weighted by atomic mass is 10.1. The SMILES string of the molecule is CNc1ccc(N)cc1CCCn1ccnc1.